The molecule has 1 heterocycles. The molecule has 0 saturated heterocycles. The highest BCUT2D eigenvalue weighted by molar-refractivity contribution is 5.66. The van der Waals surface area contributed by atoms with Gasteiger partial charge in [0.1, 0.15) is 5.82 Å². The van der Waals surface area contributed by atoms with Crippen LogP contribution in [0.4, 0.5) is 0 Å². The molecular weight excluding hydrogens is 196 g/mol. The summed E-state index contributed by atoms with van der Waals surface area (Å²) in [7, 11) is 0. The molecule has 0 aromatic carbocycles. The maximum atomic E-state index is 11.2. The van der Waals surface area contributed by atoms with Crippen molar-refractivity contribution in [1.82, 2.24) is 9.97 Å². The van der Waals surface area contributed by atoms with Gasteiger partial charge in [-0.05, 0) is 0 Å². The Balaban J connectivity index is 2.89. The highest BCUT2D eigenvalue weighted by atomic mass is 16.4. The predicted octanol–water partition coefficient (Wildman–Crippen LogP) is 0.911. The quantitative estimate of drug-likeness (QED) is 0.773. The van der Waals surface area contributed by atoms with E-state index in [-0.39, 0.29) is 17.9 Å². The summed E-state index contributed by atoms with van der Waals surface area (Å²) >= 11 is 0. The van der Waals surface area contributed by atoms with E-state index in [1.54, 1.807) is 0 Å². The van der Waals surface area contributed by atoms with Gasteiger partial charge in [0.2, 0.25) is 0 Å². The van der Waals surface area contributed by atoms with Gasteiger partial charge in [-0.15, -0.1) is 0 Å². The van der Waals surface area contributed by atoms with Crippen LogP contribution in [0.3, 0.4) is 0 Å². The van der Waals surface area contributed by atoms with Crippen LogP contribution in [-0.4, -0.2) is 21.0 Å². The number of carboxylic acids is 1. The van der Waals surface area contributed by atoms with E-state index in [1.807, 2.05) is 13.8 Å². The summed E-state index contributed by atoms with van der Waals surface area (Å²) in [6, 6.07) is 1.34. The fourth-order valence-corrected chi connectivity index (χ4v) is 1.17. The van der Waals surface area contributed by atoms with Gasteiger partial charge in [-0.1, -0.05) is 13.8 Å². The number of aromatic nitrogens is 2. The Morgan fingerprint density at radius 1 is 1.60 bits per heavy atom. The molecule has 0 amide bonds. The second-order valence-corrected chi connectivity index (χ2v) is 3.67. The Morgan fingerprint density at radius 3 is 2.80 bits per heavy atom. The maximum Gasteiger partial charge on any atom is 0.303 e. The van der Waals surface area contributed by atoms with Gasteiger partial charge < -0.3 is 10.1 Å². The molecule has 5 heteroatoms. The number of aliphatic carboxylic acids is 1. The van der Waals surface area contributed by atoms with Crippen LogP contribution in [0.5, 0.6) is 0 Å². The summed E-state index contributed by atoms with van der Waals surface area (Å²) in [5, 5.41) is 8.51. The first-order valence-corrected chi connectivity index (χ1v) is 4.81. The fourth-order valence-electron chi connectivity index (χ4n) is 1.17. The highest BCUT2D eigenvalue weighted by Gasteiger charge is 2.06. The van der Waals surface area contributed by atoms with Crippen LogP contribution in [0, 0.1) is 0 Å². The summed E-state index contributed by atoms with van der Waals surface area (Å²) in [6.07, 6.45) is 0.285. The summed E-state index contributed by atoms with van der Waals surface area (Å²) in [6.45, 7) is 3.83. The Morgan fingerprint density at radius 2 is 2.27 bits per heavy atom. The SMILES string of the molecule is CC(C)c1nc(CCC(=O)O)cc(=O)[nH]1. The zero-order valence-electron chi connectivity index (χ0n) is 8.78. The fraction of sp³-hybridized carbons (Fsp3) is 0.500. The van der Waals surface area contributed by atoms with Crippen LogP contribution in [-0.2, 0) is 11.2 Å². The van der Waals surface area contributed by atoms with E-state index in [0.29, 0.717) is 17.9 Å². The molecule has 0 bridgehead atoms. The maximum absolute atomic E-state index is 11.2. The van der Waals surface area contributed by atoms with E-state index in [1.165, 1.54) is 6.07 Å². The Kier molecular flexibility index (Phi) is 3.60. The third-order valence-corrected chi connectivity index (χ3v) is 1.95. The number of aromatic amines is 1. The molecule has 82 valence electrons. The van der Waals surface area contributed by atoms with E-state index >= 15 is 0 Å². The molecule has 1 aromatic rings. The molecule has 0 aliphatic rings. The van der Waals surface area contributed by atoms with Gasteiger partial charge >= 0.3 is 5.97 Å². The Hall–Kier alpha value is -1.65. The summed E-state index contributed by atoms with van der Waals surface area (Å²) in [4.78, 5) is 28.4. The lowest BCUT2D eigenvalue weighted by atomic mass is 10.2. The predicted molar refractivity (Wildman–Crippen MR) is 54.9 cm³/mol. The third kappa shape index (κ3) is 3.53. The minimum atomic E-state index is -0.886. The van der Waals surface area contributed by atoms with Crippen LogP contribution in [0.1, 0.15) is 37.7 Å². The van der Waals surface area contributed by atoms with Crippen LogP contribution < -0.4 is 5.56 Å². The third-order valence-electron chi connectivity index (χ3n) is 1.95. The van der Waals surface area contributed by atoms with E-state index in [2.05, 4.69) is 9.97 Å². The highest BCUT2D eigenvalue weighted by Crippen LogP contribution is 2.07. The van der Waals surface area contributed by atoms with Gasteiger partial charge in [0.15, 0.2) is 0 Å². The lowest BCUT2D eigenvalue weighted by Crippen LogP contribution is -2.14. The second-order valence-electron chi connectivity index (χ2n) is 3.67. The largest absolute Gasteiger partial charge is 0.481 e. The van der Waals surface area contributed by atoms with E-state index < -0.39 is 5.97 Å². The number of aryl methyl sites for hydroxylation is 1. The van der Waals surface area contributed by atoms with Gasteiger partial charge in [-0.3, -0.25) is 9.59 Å². The van der Waals surface area contributed by atoms with Crippen LogP contribution in [0.25, 0.3) is 0 Å². The average Bonchev–Trinajstić information content (AvgIpc) is 2.13. The van der Waals surface area contributed by atoms with Crippen molar-refractivity contribution in [3.05, 3.63) is 27.9 Å². The molecule has 0 unspecified atom stereocenters. The summed E-state index contributed by atoms with van der Waals surface area (Å²) in [5.74, 6) is -0.159. The first kappa shape index (κ1) is 11.4. The smallest absolute Gasteiger partial charge is 0.303 e. The molecule has 5 nitrogen and oxygen atoms in total. The van der Waals surface area contributed by atoms with Crippen LogP contribution in [0.15, 0.2) is 10.9 Å². The van der Waals surface area contributed by atoms with Crippen LogP contribution in [0.2, 0.25) is 0 Å². The molecule has 0 aliphatic heterocycles. The summed E-state index contributed by atoms with van der Waals surface area (Å²) < 4.78 is 0. The van der Waals surface area contributed by atoms with Crippen molar-refractivity contribution in [2.75, 3.05) is 0 Å². The molecule has 0 spiro atoms. The molecule has 2 N–H and O–H groups in total. The number of hydrogen-bond acceptors (Lipinski definition) is 3. The monoisotopic (exact) mass is 210 g/mol. The lowest BCUT2D eigenvalue weighted by molar-refractivity contribution is -0.136. The molecule has 1 aromatic heterocycles. The molecular formula is C10H14N2O3. The minimum Gasteiger partial charge on any atom is -0.481 e. The Labute approximate surface area is 87.2 Å². The normalized spacial score (nSPS) is 10.6. The van der Waals surface area contributed by atoms with Crippen molar-refractivity contribution in [3.8, 4) is 0 Å². The van der Waals surface area contributed by atoms with E-state index in [4.69, 9.17) is 5.11 Å². The second kappa shape index (κ2) is 4.72. The van der Waals surface area contributed by atoms with Gasteiger partial charge in [0.25, 0.3) is 5.56 Å². The van der Waals surface area contributed by atoms with Crippen molar-refractivity contribution in [3.63, 3.8) is 0 Å². The number of nitrogens with zero attached hydrogens (tertiary/aromatic N) is 1. The first-order valence-electron chi connectivity index (χ1n) is 4.81. The van der Waals surface area contributed by atoms with E-state index in [0.717, 1.165) is 0 Å². The standard InChI is InChI=1S/C10H14N2O3/c1-6(2)10-11-7(3-4-9(14)15)5-8(13)12-10/h5-6H,3-4H2,1-2H3,(H,14,15)(H,11,12,13). The lowest BCUT2D eigenvalue weighted by Gasteiger charge is -2.05. The first-order chi connectivity index (χ1) is 6.99. The molecule has 1 rings (SSSR count). The molecule has 0 saturated carbocycles. The molecule has 0 radical (unpaired) electrons. The van der Waals surface area contributed by atoms with Crippen molar-refractivity contribution < 1.29 is 9.90 Å². The van der Waals surface area contributed by atoms with Crippen LogP contribution >= 0.6 is 0 Å². The molecule has 0 aliphatic carbocycles. The number of carboxylic acid groups (broad SMARTS) is 1. The van der Waals surface area contributed by atoms with Gasteiger partial charge in [-0.2, -0.15) is 0 Å². The zero-order valence-corrected chi connectivity index (χ0v) is 8.78. The number of rotatable bonds is 4. The topological polar surface area (TPSA) is 83.0 Å². The van der Waals surface area contributed by atoms with Crippen molar-refractivity contribution in [2.45, 2.75) is 32.6 Å². The number of carbonyl (C=O) groups is 1. The number of hydrogen-bond donors (Lipinski definition) is 2. The van der Waals surface area contributed by atoms with Crippen molar-refractivity contribution in [1.29, 1.82) is 0 Å². The van der Waals surface area contributed by atoms with Gasteiger partial charge in [0, 0.05) is 24.1 Å². The minimum absolute atomic E-state index is 0.00596. The van der Waals surface area contributed by atoms with Crippen molar-refractivity contribution in [2.24, 2.45) is 0 Å². The summed E-state index contributed by atoms with van der Waals surface area (Å²) in [5.41, 5.74) is 0.305. The average molecular weight is 210 g/mol. The molecule has 15 heavy (non-hydrogen) atoms. The van der Waals surface area contributed by atoms with E-state index in [9.17, 15) is 9.59 Å². The molecule has 0 atom stereocenters. The Bertz CT molecular complexity index is 409. The van der Waals surface area contributed by atoms with Crippen molar-refractivity contribution >= 4 is 5.97 Å². The zero-order chi connectivity index (χ0) is 11.4. The van der Waals surface area contributed by atoms with Gasteiger partial charge in [0.05, 0.1) is 6.42 Å². The number of H-pyrrole nitrogens is 1. The van der Waals surface area contributed by atoms with Gasteiger partial charge in [-0.25, -0.2) is 4.98 Å². The number of nitrogens with one attached hydrogen (secondary N) is 1. The molecule has 0 fully saturated rings.